The van der Waals surface area contributed by atoms with E-state index in [-0.39, 0.29) is 0 Å². The molecule has 0 atom stereocenters. The molecule has 1 fully saturated rings. The van der Waals surface area contributed by atoms with E-state index in [1.807, 2.05) is 0 Å². The molecule has 1 aromatic carbocycles. The molecule has 0 spiro atoms. The van der Waals surface area contributed by atoms with Crippen LogP contribution in [0.25, 0.3) is 0 Å². The van der Waals surface area contributed by atoms with Gasteiger partial charge in [-0.3, -0.25) is 4.79 Å². The smallest absolute Gasteiger partial charge is 0.303 e. The Morgan fingerprint density at radius 2 is 1.95 bits per heavy atom. The number of rotatable bonds is 6. The molecule has 20 heavy (non-hydrogen) atoms. The van der Waals surface area contributed by atoms with Crippen molar-refractivity contribution in [1.82, 2.24) is 4.90 Å². The lowest BCUT2D eigenvalue weighted by atomic mass is 9.89. The first-order valence-corrected chi connectivity index (χ1v) is 8.14. The molecule has 1 aliphatic rings. The molecule has 0 unspecified atom stereocenters. The molecule has 1 saturated heterocycles. The molecule has 1 N–H and O–H groups in total. The summed E-state index contributed by atoms with van der Waals surface area (Å²) in [4.78, 5) is 12.9. The lowest BCUT2D eigenvalue weighted by molar-refractivity contribution is -0.137. The molecule has 0 aliphatic carbocycles. The van der Waals surface area contributed by atoms with Crippen molar-refractivity contribution in [3.8, 4) is 0 Å². The Hall–Kier alpha value is -0.870. The van der Waals surface area contributed by atoms with Gasteiger partial charge < -0.3 is 10.0 Å². The van der Waals surface area contributed by atoms with Crippen molar-refractivity contribution in [2.45, 2.75) is 38.0 Å². The summed E-state index contributed by atoms with van der Waals surface area (Å²) in [5.41, 5.74) is 1.43. The molecular weight excluding hydrogens is 318 g/mol. The van der Waals surface area contributed by atoms with Crippen molar-refractivity contribution in [3.05, 3.63) is 34.3 Å². The standard InChI is InChI=1S/C16H22BrNO2/c17-15-6-2-1-5-14(15)13-8-11-18(12-9-13)10-4-3-7-16(19)20/h1-2,5-6,13H,3-4,7-12H2,(H,19,20). The van der Waals surface area contributed by atoms with Crippen LogP contribution in [0.2, 0.25) is 0 Å². The van der Waals surface area contributed by atoms with Gasteiger partial charge >= 0.3 is 5.97 Å². The zero-order valence-corrected chi connectivity index (χ0v) is 13.3. The van der Waals surface area contributed by atoms with Gasteiger partial charge in [-0.2, -0.15) is 0 Å². The van der Waals surface area contributed by atoms with Gasteiger partial charge in [-0.05, 0) is 62.9 Å². The highest BCUT2D eigenvalue weighted by Crippen LogP contribution is 2.32. The predicted molar refractivity (Wildman–Crippen MR) is 84.0 cm³/mol. The number of nitrogens with zero attached hydrogens (tertiary/aromatic N) is 1. The number of unbranched alkanes of at least 4 members (excludes halogenated alkanes) is 1. The van der Waals surface area contributed by atoms with Crippen LogP contribution < -0.4 is 0 Å². The van der Waals surface area contributed by atoms with Gasteiger partial charge in [0.25, 0.3) is 0 Å². The number of piperidine rings is 1. The number of hydrogen-bond donors (Lipinski definition) is 1. The highest BCUT2D eigenvalue weighted by Gasteiger charge is 2.21. The zero-order chi connectivity index (χ0) is 14.4. The number of aliphatic carboxylic acids is 1. The number of halogens is 1. The fraction of sp³-hybridized carbons (Fsp3) is 0.562. The summed E-state index contributed by atoms with van der Waals surface area (Å²) in [5, 5.41) is 8.62. The lowest BCUT2D eigenvalue weighted by Crippen LogP contribution is -2.33. The fourth-order valence-corrected chi connectivity index (χ4v) is 3.49. The van der Waals surface area contributed by atoms with Crippen molar-refractivity contribution in [2.24, 2.45) is 0 Å². The second-order valence-electron chi connectivity index (χ2n) is 5.49. The average molecular weight is 340 g/mol. The molecule has 0 amide bonds. The molecule has 1 heterocycles. The largest absolute Gasteiger partial charge is 0.481 e. The van der Waals surface area contributed by atoms with Gasteiger partial charge in [0.1, 0.15) is 0 Å². The van der Waals surface area contributed by atoms with Crippen LogP contribution in [0.3, 0.4) is 0 Å². The SMILES string of the molecule is O=C(O)CCCCN1CCC(c2ccccc2Br)CC1. The molecule has 110 valence electrons. The monoisotopic (exact) mass is 339 g/mol. The molecule has 0 saturated carbocycles. The maximum atomic E-state index is 10.5. The first-order chi connectivity index (χ1) is 9.66. The lowest BCUT2D eigenvalue weighted by Gasteiger charge is -2.32. The van der Waals surface area contributed by atoms with Crippen LogP contribution >= 0.6 is 15.9 Å². The Labute approximate surface area is 129 Å². The maximum Gasteiger partial charge on any atom is 0.303 e. The average Bonchev–Trinajstić information content (AvgIpc) is 2.45. The van der Waals surface area contributed by atoms with E-state index in [0.717, 1.165) is 32.5 Å². The van der Waals surface area contributed by atoms with Gasteiger partial charge in [-0.15, -0.1) is 0 Å². The third-order valence-corrected chi connectivity index (χ3v) is 4.77. The first-order valence-electron chi connectivity index (χ1n) is 7.35. The van der Waals surface area contributed by atoms with E-state index in [0.29, 0.717) is 12.3 Å². The summed E-state index contributed by atoms with van der Waals surface area (Å²) in [6, 6.07) is 8.51. The van der Waals surface area contributed by atoms with Gasteiger partial charge in [0.2, 0.25) is 0 Å². The zero-order valence-electron chi connectivity index (χ0n) is 11.7. The molecule has 4 heteroatoms. The molecule has 0 aromatic heterocycles. The molecule has 1 aromatic rings. The summed E-state index contributed by atoms with van der Waals surface area (Å²) in [6.45, 7) is 3.29. The summed E-state index contributed by atoms with van der Waals surface area (Å²) in [6.07, 6.45) is 4.47. The highest BCUT2D eigenvalue weighted by atomic mass is 79.9. The molecule has 0 bridgehead atoms. The van der Waals surface area contributed by atoms with E-state index >= 15 is 0 Å². The van der Waals surface area contributed by atoms with Crippen LogP contribution in [0.15, 0.2) is 28.7 Å². The van der Waals surface area contributed by atoms with Gasteiger partial charge in [0.05, 0.1) is 0 Å². The molecule has 0 radical (unpaired) electrons. The Balaban J connectivity index is 1.73. The molecule has 2 rings (SSSR count). The number of carboxylic acid groups (broad SMARTS) is 1. The number of benzene rings is 1. The van der Waals surface area contributed by atoms with Gasteiger partial charge in [0.15, 0.2) is 0 Å². The topological polar surface area (TPSA) is 40.5 Å². The normalized spacial score (nSPS) is 17.2. The first kappa shape index (κ1) is 15.5. The summed E-state index contributed by atoms with van der Waals surface area (Å²) >= 11 is 3.64. The third kappa shape index (κ3) is 4.60. The van der Waals surface area contributed by atoms with E-state index in [4.69, 9.17) is 5.11 Å². The predicted octanol–water partition coefficient (Wildman–Crippen LogP) is 3.88. The molecular formula is C16H22BrNO2. The molecule has 3 nitrogen and oxygen atoms in total. The Morgan fingerprint density at radius 1 is 1.25 bits per heavy atom. The van der Waals surface area contributed by atoms with Crippen molar-refractivity contribution >= 4 is 21.9 Å². The van der Waals surface area contributed by atoms with Crippen molar-refractivity contribution in [1.29, 1.82) is 0 Å². The van der Waals surface area contributed by atoms with Crippen molar-refractivity contribution < 1.29 is 9.90 Å². The maximum absolute atomic E-state index is 10.5. The van der Waals surface area contributed by atoms with Crippen LogP contribution in [0.5, 0.6) is 0 Å². The summed E-state index contributed by atoms with van der Waals surface area (Å²) < 4.78 is 1.22. The Kier molecular flexibility index (Phi) is 6.05. The minimum atomic E-state index is -0.683. The van der Waals surface area contributed by atoms with Crippen LogP contribution in [0.4, 0.5) is 0 Å². The second kappa shape index (κ2) is 7.79. The minimum Gasteiger partial charge on any atom is -0.481 e. The minimum absolute atomic E-state index is 0.299. The van der Waals surface area contributed by atoms with Crippen molar-refractivity contribution in [2.75, 3.05) is 19.6 Å². The fourth-order valence-electron chi connectivity index (χ4n) is 2.89. The van der Waals surface area contributed by atoms with Crippen LogP contribution in [-0.4, -0.2) is 35.6 Å². The van der Waals surface area contributed by atoms with Gasteiger partial charge in [-0.1, -0.05) is 34.1 Å². The van der Waals surface area contributed by atoms with E-state index in [1.165, 1.54) is 22.9 Å². The second-order valence-corrected chi connectivity index (χ2v) is 6.34. The number of likely N-dealkylation sites (tertiary alicyclic amines) is 1. The molecule has 1 aliphatic heterocycles. The number of carbonyl (C=O) groups is 1. The van der Waals surface area contributed by atoms with Crippen LogP contribution in [0, 0.1) is 0 Å². The van der Waals surface area contributed by atoms with Gasteiger partial charge in [-0.25, -0.2) is 0 Å². The van der Waals surface area contributed by atoms with E-state index < -0.39 is 5.97 Å². The van der Waals surface area contributed by atoms with E-state index in [9.17, 15) is 4.79 Å². The summed E-state index contributed by atoms with van der Waals surface area (Å²) in [5.74, 6) is -0.0292. The van der Waals surface area contributed by atoms with Crippen molar-refractivity contribution in [3.63, 3.8) is 0 Å². The van der Waals surface area contributed by atoms with Gasteiger partial charge in [0, 0.05) is 10.9 Å². The third-order valence-electron chi connectivity index (χ3n) is 4.05. The number of carboxylic acids is 1. The van der Waals surface area contributed by atoms with Crippen LogP contribution in [-0.2, 0) is 4.79 Å². The Morgan fingerprint density at radius 3 is 2.60 bits per heavy atom. The van der Waals surface area contributed by atoms with E-state index in [1.54, 1.807) is 0 Å². The number of hydrogen-bond acceptors (Lipinski definition) is 2. The quantitative estimate of drug-likeness (QED) is 0.799. The highest BCUT2D eigenvalue weighted by molar-refractivity contribution is 9.10. The van der Waals surface area contributed by atoms with Crippen LogP contribution in [0.1, 0.15) is 43.6 Å². The van der Waals surface area contributed by atoms with E-state index in [2.05, 4.69) is 45.1 Å². The Bertz CT molecular complexity index is 442. The summed E-state index contributed by atoms with van der Waals surface area (Å²) in [7, 11) is 0.